The second-order valence-corrected chi connectivity index (χ2v) is 5.71. The van der Waals surface area contributed by atoms with E-state index in [1.54, 1.807) is 24.4 Å². The first-order valence-electron chi connectivity index (χ1n) is 5.04. The Kier molecular flexibility index (Phi) is 4.43. The fourth-order valence-corrected chi connectivity index (χ4v) is 2.82. The van der Waals surface area contributed by atoms with Crippen LogP contribution in [0.25, 0.3) is 0 Å². The van der Waals surface area contributed by atoms with Gasteiger partial charge in [-0.1, -0.05) is 39.7 Å². The van der Waals surface area contributed by atoms with Crippen LogP contribution in [0.2, 0.25) is 5.02 Å². The molecule has 1 N–H and O–H groups in total. The maximum absolute atomic E-state index is 9.88. The molecule has 0 amide bonds. The molecule has 92 valence electrons. The van der Waals surface area contributed by atoms with Crippen LogP contribution in [0.4, 0.5) is 5.69 Å². The predicted molar refractivity (Wildman–Crippen MR) is 82.2 cm³/mol. The van der Waals surface area contributed by atoms with E-state index >= 15 is 0 Å². The molecule has 0 aliphatic rings. The van der Waals surface area contributed by atoms with E-state index in [2.05, 4.69) is 36.9 Å². The van der Waals surface area contributed by atoms with Crippen molar-refractivity contribution in [3.05, 3.63) is 55.9 Å². The summed E-state index contributed by atoms with van der Waals surface area (Å²) in [6.45, 7) is 0. The zero-order chi connectivity index (χ0) is 13.1. The highest BCUT2D eigenvalue weighted by Gasteiger charge is 2.05. The van der Waals surface area contributed by atoms with E-state index < -0.39 is 0 Å². The molecule has 0 atom stereocenters. The summed E-state index contributed by atoms with van der Waals surface area (Å²) in [7, 11) is 0. The normalized spacial score (nSPS) is 11.1. The van der Waals surface area contributed by atoms with Crippen LogP contribution in [-0.2, 0) is 0 Å². The van der Waals surface area contributed by atoms with Crippen molar-refractivity contribution in [3.63, 3.8) is 0 Å². The number of aliphatic imine (C=N–C) groups is 1. The monoisotopic (exact) mass is 387 g/mol. The SMILES string of the molecule is Oc1c(Br)cc(Br)cc1C=Nc1ccccc1Cl. The van der Waals surface area contributed by atoms with Crippen molar-refractivity contribution in [1.82, 2.24) is 0 Å². The number of phenols is 1. The molecule has 0 spiro atoms. The summed E-state index contributed by atoms with van der Waals surface area (Å²) in [5.41, 5.74) is 1.27. The van der Waals surface area contributed by atoms with Crippen molar-refractivity contribution >= 4 is 55.4 Å². The Morgan fingerprint density at radius 1 is 1.17 bits per heavy atom. The van der Waals surface area contributed by atoms with Crippen LogP contribution in [-0.4, -0.2) is 11.3 Å². The van der Waals surface area contributed by atoms with Crippen LogP contribution in [0.5, 0.6) is 5.75 Å². The maximum atomic E-state index is 9.88. The molecular formula is C13H8Br2ClNO. The topological polar surface area (TPSA) is 32.6 Å². The summed E-state index contributed by atoms with van der Waals surface area (Å²) in [6, 6.07) is 10.8. The molecule has 0 saturated carbocycles. The molecular weight excluding hydrogens is 381 g/mol. The summed E-state index contributed by atoms with van der Waals surface area (Å²) < 4.78 is 1.46. The largest absolute Gasteiger partial charge is 0.506 e. The van der Waals surface area contributed by atoms with Crippen LogP contribution in [0.1, 0.15) is 5.56 Å². The number of nitrogens with zero attached hydrogens (tertiary/aromatic N) is 1. The van der Waals surface area contributed by atoms with E-state index in [0.29, 0.717) is 20.7 Å². The number of halogens is 3. The van der Waals surface area contributed by atoms with Gasteiger partial charge in [0.15, 0.2) is 0 Å². The average molecular weight is 389 g/mol. The highest BCUT2D eigenvalue weighted by Crippen LogP contribution is 2.31. The van der Waals surface area contributed by atoms with Crippen LogP contribution in [0.3, 0.4) is 0 Å². The Morgan fingerprint density at radius 3 is 2.61 bits per heavy atom. The fraction of sp³-hybridized carbons (Fsp3) is 0. The van der Waals surface area contributed by atoms with E-state index in [9.17, 15) is 5.11 Å². The summed E-state index contributed by atoms with van der Waals surface area (Å²) >= 11 is 12.6. The average Bonchev–Trinajstić information content (AvgIpc) is 2.33. The molecule has 2 rings (SSSR count). The Balaban J connectivity index is 2.38. The van der Waals surface area contributed by atoms with E-state index in [0.717, 1.165) is 4.47 Å². The number of phenolic OH excluding ortho intramolecular Hbond substituents is 1. The lowest BCUT2D eigenvalue weighted by atomic mass is 10.2. The van der Waals surface area contributed by atoms with Gasteiger partial charge >= 0.3 is 0 Å². The lowest BCUT2D eigenvalue weighted by Crippen LogP contribution is -1.84. The molecule has 0 fully saturated rings. The summed E-state index contributed by atoms with van der Waals surface area (Å²) in [5.74, 6) is 0.147. The Bertz CT molecular complexity index is 614. The Morgan fingerprint density at radius 2 is 1.89 bits per heavy atom. The second-order valence-electron chi connectivity index (χ2n) is 3.54. The number of para-hydroxylation sites is 1. The molecule has 0 aromatic heterocycles. The minimum atomic E-state index is 0.147. The van der Waals surface area contributed by atoms with Crippen molar-refractivity contribution in [2.75, 3.05) is 0 Å². The highest BCUT2D eigenvalue weighted by atomic mass is 79.9. The molecule has 0 unspecified atom stereocenters. The van der Waals surface area contributed by atoms with Gasteiger partial charge in [-0.2, -0.15) is 0 Å². The van der Waals surface area contributed by atoms with Gasteiger partial charge in [0.05, 0.1) is 15.2 Å². The summed E-state index contributed by atoms with van der Waals surface area (Å²) in [5, 5.41) is 10.4. The van der Waals surface area contributed by atoms with Crippen molar-refractivity contribution < 1.29 is 5.11 Å². The van der Waals surface area contributed by atoms with E-state index in [4.69, 9.17) is 11.6 Å². The van der Waals surface area contributed by atoms with Gasteiger partial charge in [0, 0.05) is 16.3 Å². The van der Waals surface area contributed by atoms with Gasteiger partial charge in [-0.05, 0) is 40.2 Å². The lowest BCUT2D eigenvalue weighted by molar-refractivity contribution is 0.471. The van der Waals surface area contributed by atoms with E-state index in [-0.39, 0.29) is 5.75 Å². The number of hydrogen-bond donors (Lipinski definition) is 1. The van der Waals surface area contributed by atoms with Crippen molar-refractivity contribution in [3.8, 4) is 5.75 Å². The third-order valence-corrected chi connectivity index (χ3v) is 3.63. The van der Waals surface area contributed by atoms with Gasteiger partial charge in [0.25, 0.3) is 0 Å². The van der Waals surface area contributed by atoms with Crippen LogP contribution in [0, 0.1) is 0 Å². The Hall–Kier alpha value is -0.840. The Labute approximate surface area is 127 Å². The number of benzene rings is 2. The second kappa shape index (κ2) is 5.87. The molecule has 0 heterocycles. The van der Waals surface area contributed by atoms with Gasteiger partial charge in [0.2, 0.25) is 0 Å². The van der Waals surface area contributed by atoms with Crippen LogP contribution in [0.15, 0.2) is 50.3 Å². The first-order chi connectivity index (χ1) is 8.58. The third-order valence-electron chi connectivity index (χ3n) is 2.25. The molecule has 2 aromatic carbocycles. The standard InChI is InChI=1S/C13H8Br2ClNO/c14-9-5-8(13(18)10(15)6-9)7-17-12-4-2-1-3-11(12)16/h1-7,18H. The molecule has 2 aromatic rings. The molecule has 18 heavy (non-hydrogen) atoms. The highest BCUT2D eigenvalue weighted by molar-refractivity contribution is 9.11. The zero-order valence-corrected chi connectivity index (χ0v) is 13.0. The van der Waals surface area contributed by atoms with E-state index in [1.807, 2.05) is 18.2 Å². The van der Waals surface area contributed by atoms with Crippen molar-refractivity contribution in [2.45, 2.75) is 0 Å². The first kappa shape index (κ1) is 13.6. The van der Waals surface area contributed by atoms with Gasteiger partial charge < -0.3 is 5.11 Å². The molecule has 0 radical (unpaired) electrons. The molecule has 0 aliphatic carbocycles. The van der Waals surface area contributed by atoms with Crippen LogP contribution >= 0.6 is 43.5 Å². The van der Waals surface area contributed by atoms with Gasteiger partial charge in [0.1, 0.15) is 5.75 Å². The molecule has 0 bridgehead atoms. The molecule has 5 heteroatoms. The number of rotatable bonds is 2. The minimum Gasteiger partial charge on any atom is -0.506 e. The minimum absolute atomic E-state index is 0.147. The smallest absolute Gasteiger partial charge is 0.138 e. The summed E-state index contributed by atoms with van der Waals surface area (Å²) in [6.07, 6.45) is 1.58. The van der Waals surface area contributed by atoms with Crippen molar-refractivity contribution in [1.29, 1.82) is 0 Å². The zero-order valence-electron chi connectivity index (χ0n) is 9.07. The van der Waals surface area contributed by atoms with Crippen LogP contribution < -0.4 is 0 Å². The lowest BCUT2D eigenvalue weighted by Gasteiger charge is -2.03. The number of hydrogen-bond acceptors (Lipinski definition) is 2. The van der Waals surface area contributed by atoms with Gasteiger partial charge in [-0.15, -0.1) is 0 Å². The first-order valence-corrected chi connectivity index (χ1v) is 7.01. The number of aromatic hydroxyl groups is 1. The maximum Gasteiger partial charge on any atom is 0.138 e. The van der Waals surface area contributed by atoms with Gasteiger partial charge in [-0.25, -0.2) is 0 Å². The molecule has 2 nitrogen and oxygen atoms in total. The van der Waals surface area contributed by atoms with Gasteiger partial charge in [-0.3, -0.25) is 4.99 Å². The molecule has 0 aliphatic heterocycles. The fourth-order valence-electron chi connectivity index (χ4n) is 1.38. The van der Waals surface area contributed by atoms with Crippen molar-refractivity contribution in [2.24, 2.45) is 4.99 Å². The quantitative estimate of drug-likeness (QED) is 0.693. The van der Waals surface area contributed by atoms with E-state index in [1.165, 1.54) is 0 Å². The molecule has 0 saturated heterocycles. The summed E-state index contributed by atoms with van der Waals surface area (Å²) in [4.78, 5) is 4.26. The third kappa shape index (κ3) is 3.13. The predicted octanol–water partition coefficient (Wildman–Crippen LogP) is 5.32.